The van der Waals surface area contributed by atoms with E-state index in [0.29, 0.717) is 17.1 Å². The molecular formula is C11H11ClN4O2. The second-order valence-corrected chi connectivity index (χ2v) is 4.09. The second-order valence-electron chi connectivity index (χ2n) is 3.82. The van der Waals surface area contributed by atoms with Gasteiger partial charge in [0, 0.05) is 11.6 Å². The normalized spacial score (nSPS) is 10.6. The predicted octanol–water partition coefficient (Wildman–Crippen LogP) is 2.53. The van der Waals surface area contributed by atoms with Crippen LogP contribution in [0.3, 0.4) is 0 Å². The van der Waals surface area contributed by atoms with Gasteiger partial charge < -0.3 is 0 Å². The van der Waals surface area contributed by atoms with Gasteiger partial charge in [-0.25, -0.2) is 9.67 Å². The van der Waals surface area contributed by atoms with Crippen LogP contribution in [0.1, 0.15) is 17.2 Å². The highest BCUT2D eigenvalue weighted by atomic mass is 35.5. The molecule has 1 heterocycles. The van der Waals surface area contributed by atoms with Crippen molar-refractivity contribution in [3.8, 4) is 5.69 Å². The van der Waals surface area contributed by atoms with Gasteiger partial charge in [0.05, 0.1) is 16.5 Å². The number of rotatable bonds is 3. The third-order valence-electron chi connectivity index (χ3n) is 2.52. The Morgan fingerprint density at radius 3 is 2.67 bits per heavy atom. The fourth-order valence-electron chi connectivity index (χ4n) is 1.75. The molecule has 0 bridgehead atoms. The maximum Gasteiger partial charge on any atom is 0.273 e. The molecule has 18 heavy (non-hydrogen) atoms. The Labute approximate surface area is 108 Å². The lowest BCUT2D eigenvalue weighted by atomic mass is 10.2. The van der Waals surface area contributed by atoms with Gasteiger partial charge in [-0.05, 0) is 26.0 Å². The van der Waals surface area contributed by atoms with Crippen LogP contribution in [0.5, 0.6) is 0 Å². The van der Waals surface area contributed by atoms with Gasteiger partial charge in [0.15, 0.2) is 0 Å². The standard InChI is InChI=1S/C11H11ClN4O2/c1-7-13-8(2)15(14-7)10-3-4-11(16(17)18)9(5-10)6-12/h3-5H,6H2,1-2H3. The van der Waals surface area contributed by atoms with E-state index in [0.717, 1.165) is 5.82 Å². The zero-order valence-electron chi connectivity index (χ0n) is 9.92. The summed E-state index contributed by atoms with van der Waals surface area (Å²) in [5, 5.41) is 15.0. The molecule has 0 aliphatic rings. The SMILES string of the molecule is Cc1nc(C)n(-c2ccc([N+](=O)[O-])c(CCl)c2)n1. The highest BCUT2D eigenvalue weighted by Crippen LogP contribution is 2.23. The number of alkyl halides is 1. The summed E-state index contributed by atoms with van der Waals surface area (Å²) < 4.78 is 1.63. The lowest BCUT2D eigenvalue weighted by Crippen LogP contribution is -2.02. The molecule has 0 saturated heterocycles. The topological polar surface area (TPSA) is 73.8 Å². The number of hydrogen-bond donors (Lipinski definition) is 0. The maximum atomic E-state index is 10.8. The van der Waals surface area contributed by atoms with Crippen LogP contribution in [-0.4, -0.2) is 19.7 Å². The molecule has 2 aromatic rings. The molecule has 94 valence electrons. The molecule has 0 fully saturated rings. The number of nitro benzene ring substituents is 1. The van der Waals surface area contributed by atoms with Crippen molar-refractivity contribution < 1.29 is 4.92 Å². The number of benzene rings is 1. The van der Waals surface area contributed by atoms with Gasteiger partial charge in [0.2, 0.25) is 0 Å². The minimum absolute atomic E-state index is 0.0169. The highest BCUT2D eigenvalue weighted by molar-refractivity contribution is 6.17. The van der Waals surface area contributed by atoms with Crippen molar-refractivity contribution in [1.82, 2.24) is 14.8 Å². The average Bonchev–Trinajstić information content (AvgIpc) is 2.67. The molecule has 1 aromatic heterocycles. The summed E-state index contributed by atoms with van der Waals surface area (Å²) in [4.78, 5) is 14.6. The van der Waals surface area contributed by atoms with Crippen molar-refractivity contribution in [2.45, 2.75) is 19.7 Å². The van der Waals surface area contributed by atoms with Gasteiger partial charge in [-0.1, -0.05) is 0 Å². The highest BCUT2D eigenvalue weighted by Gasteiger charge is 2.15. The van der Waals surface area contributed by atoms with E-state index in [1.807, 2.05) is 6.92 Å². The Balaban J connectivity index is 2.54. The third-order valence-corrected chi connectivity index (χ3v) is 2.81. The van der Waals surface area contributed by atoms with E-state index in [2.05, 4.69) is 10.1 Å². The summed E-state index contributed by atoms with van der Waals surface area (Å²) in [6.07, 6.45) is 0. The molecule has 0 amide bonds. The molecule has 0 radical (unpaired) electrons. The Bertz CT molecular complexity index is 609. The van der Waals surface area contributed by atoms with E-state index in [-0.39, 0.29) is 11.6 Å². The van der Waals surface area contributed by atoms with E-state index in [1.165, 1.54) is 6.07 Å². The van der Waals surface area contributed by atoms with Crippen molar-refractivity contribution in [3.63, 3.8) is 0 Å². The van der Waals surface area contributed by atoms with Crippen molar-refractivity contribution in [3.05, 3.63) is 45.5 Å². The minimum Gasteiger partial charge on any atom is -0.258 e. The van der Waals surface area contributed by atoms with Crippen LogP contribution >= 0.6 is 11.6 Å². The van der Waals surface area contributed by atoms with Gasteiger partial charge in [-0.3, -0.25) is 10.1 Å². The summed E-state index contributed by atoms with van der Waals surface area (Å²) in [6.45, 7) is 3.61. The summed E-state index contributed by atoms with van der Waals surface area (Å²) in [7, 11) is 0. The van der Waals surface area contributed by atoms with Crippen molar-refractivity contribution in [2.75, 3.05) is 0 Å². The van der Waals surface area contributed by atoms with Crippen LogP contribution in [0.15, 0.2) is 18.2 Å². The van der Waals surface area contributed by atoms with Crippen molar-refractivity contribution in [1.29, 1.82) is 0 Å². The zero-order valence-corrected chi connectivity index (χ0v) is 10.7. The maximum absolute atomic E-state index is 10.8. The van der Waals surface area contributed by atoms with E-state index in [4.69, 9.17) is 11.6 Å². The molecule has 2 rings (SSSR count). The molecule has 0 saturated carbocycles. The molecular weight excluding hydrogens is 256 g/mol. The largest absolute Gasteiger partial charge is 0.273 e. The second kappa shape index (κ2) is 4.73. The van der Waals surface area contributed by atoms with E-state index < -0.39 is 4.92 Å². The number of aryl methyl sites for hydroxylation is 2. The van der Waals surface area contributed by atoms with Gasteiger partial charge in [0.1, 0.15) is 11.6 Å². The smallest absolute Gasteiger partial charge is 0.258 e. The lowest BCUT2D eigenvalue weighted by Gasteiger charge is -2.05. The average molecular weight is 267 g/mol. The fourth-order valence-corrected chi connectivity index (χ4v) is 1.97. The summed E-state index contributed by atoms with van der Waals surface area (Å²) >= 11 is 5.73. The van der Waals surface area contributed by atoms with Crippen LogP contribution in [0.4, 0.5) is 5.69 Å². The lowest BCUT2D eigenvalue weighted by molar-refractivity contribution is -0.385. The van der Waals surface area contributed by atoms with Crippen LogP contribution < -0.4 is 0 Å². The molecule has 0 spiro atoms. The number of aromatic nitrogens is 3. The number of nitrogens with zero attached hydrogens (tertiary/aromatic N) is 4. The molecule has 0 aliphatic heterocycles. The molecule has 6 nitrogen and oxygen atoms in total. The molecule has 0 unspecified atom stereocenters. The Kier molecular flexibility index (Phi) is 3.29. The van der Waals surface area contributed by atoms with E-state index in [1.54, 1.807) is 23.7 Å². The molecule has 7 heteroatoms. The van der Waals surface area contributed by atoms with Gasteiger partial charge in [-0.15, -0.1) is 11.6 Å². The predicted molar refractivity (Wildman–Crippen MR) is 67.0 cm³/mol. The van der Waals surface area contributed by atoms with Crippen LogP contribution in [0.25, 0.3) is 5.69 Å². The quantitative estimate of drug-likeness (QED) is 0.486. The van der Waals surface area contributed by atoms with Gasteiger partial charge >= 0.3 is 0 Å². The third kappa shape index (κ3) is 2.19. The first kappa shape index (κ1) is 12.5. The summed E-state index contributed by atoms with van der Waals surface area (Å²) in [5.41, 5.74) is 1.20. The number of nitro groups is 1. The molecule has 0 atom stereocenters. The van der Waals surface area contributed by atoms with Crippen LogP contribution in [-0.2, 0) is 5.88 Å². The summed E-state index contributed by atoms with van der Waals surface area (Å²) in [6, 6.07) is 4.73. The Morgan fingerprint density at radius 2 is 2.17 bits per heavy atom. The van der Waals surface area contributed by atoms with E-state index in [9.17, 15) is 10.1 Å². The van der Waals surface area contributed by atoms with Crippen molar-refractivity contribution >= 4 is 17.3 Å². The first-order valence-electron chi connectivity index (χ1n) is 5.27. The number of halogens is 1. The first-order chi connectivity index (χ1) is 8.52. The number of hydrogen-bond acceptors (Lipinski definition) is 4. The van der Waals surface area contributed by atoms with Crippen molar-refractivity contribution in [2.24, 2.45) is 0 Å². The minimum atomic E-state index is -0.444. The van der Waals surface area contributed by atoms with Gasteiger partial charge in [-0.2, -0.15) is 5.10 Å². The fraction of sp³-hybridized carbons (Fsp3) is 0.273. The van der Waals surface area contributed by atoms with E-state index >= 15 is 0 Å². The molecule has 0 aliphatic carbocycles. The Morgan fingerprint density at radius 1 is 1.44 bits per heavy atom. The summed E-state index contributed by atoms with van der Waals surface area (Å²) in [5.74, 6) is 1.46. The zero-order chi connectivity index (χ0) is 13.3. The Hall–Kier alpha value is -1.95. The molecule has 0 N–H and O–H groups in total. The van der Waals surface area contributed by atoms with Crippen LogP contribution in [0, 0.1) is 24.0 Å². The molecule has 1 aromatic carbocycles. The monoisotopic (exact) mass is 266 g/mol. The van der Waals surface area contributed by atoms with Crippen LogP contribution in [0.2, 0.25) is 0 Å². The first-order valence-corrected chi connectivity index (χ1v) is 5.80. The van der Waals surface area contributed by atoms with Gasteiger partial charge in [0.25, 0.3) is 5.69 Å².